The highest BCUT2D eigenvalue weighted by Crippen LogP contribution is 2.26. The Kier molecular flexibility index (Phi) is 9.73. The van der Waals surface area contributed by atoms with Crippen LogP contribution in [-0.2, 0) is 19.4 Å². The van der Waals surface area contributed by atoms with Crippen molar-refractivity contribution in [2.24, 2.45) is 0 Å². The fourth-order valence-electron chi connectivity index (χ4n) is 4.48. The van der Waals surface area contributed by atoms with Crippen molar-refractivity contribution in [2.75, 3.05) is 33.9 Å². The van der Waals surface area contributed by atoms with E-state index in [1.54, 1.807) is 14.2 Å². The number of nitrogens with zero attached hydrogens (tertiary/aromatic N) is 3. The lowest BCUT2D eigenvalue weighted by Gasteiger charge is -2.13. The minimum absolute atomic E-state index is 0.738. The predicted molar refractivity (Wildman–Crippen MR) is 127 cm³/mol. The first-order chi connectivity index (χ1) is 15.2. The number of hydrogen-bond acceptors (Lipinski definition) is 4. The summed E-state index contributed by atoms with van der Waals surface area (Å²) in [7, 11) is 3.40. The van der Waals surface area contributed by atoms with Gasteiger partial charge in [0.05, 0.1) is 26.5 Å². The van der Waals surface area contributed by atoms with E-state index in [0.29, 0.717) is 0 Å². The molecule has 0 amide bonds. The van der Waals surface area contributed by atoms with Gasteiger partial charge in [-0.05, 0) is 82.8 Å². The van der Waals surface area contributed by atoms with Gasteiger partial charge >= 0.3 is 0 Å². The van der Waals surface area contributed by atoms with Crippen molar-refractivity contribution in [3.05, 3.63) is 41.2 Å². The average Bonchev–Trinajstić information content (AvgIpc) is 3.45. The molecule has 1 fully saturated rings. The molecule has 0 N–H and O–H groups in total. The van der Waals surface area contributed by atoms with E-state index in [-0.39, 0.29) is 0 Å². The van der Waals surface area contributed by atoms with E-state index in [0.717, 1.165) is 36.4 Å². The lowest BCUT2D eigenvalue weighted by molar-refractivity contribution is 0.328. The number of likely N-dealkylation sites (tertiary alicyclic amines) is 1. The molecule has 0 aliphatic carbocycles. The van der Waals surface area contributed by atoms with Crippen molar-refractivity contribution in [1.29, 1.82) is 0 Å². The second-order valence-corrected chi connectivity index (χ2v) is 8.78. The molecule has 0 radical (unpaired) electrons. The van der Waals surface area contributed by atoms with E-state index >= 15 is 0 Å². The summed E-state index contributed by atoms with van der Waals surface area (Å²) >= 11 is 0. The molecule has 0 bridgehead atoms. The molecular formula is C26H41N3O2. The predicted octanol–water partition coefficient (Wildman–Crippen LogP) is 5.49. The van der Waals surface area contributed by atoms with Crippen molar-refractivity contribution < 1.29 is 9.47 Å². The highest BCUT2D eigenvalue weighted by atomic mass is 16.5. The Hall–Kier alpha value is -2.01. The van der Waals surface area contributed by atoms with Crippen molar-refractivity contribution in [3.63, 3.8) is 0 Å². The maximum absolute atomic E-state index is 5.60. The van der Waals surface area contributed by atoms with E-state index in [1.165, 1.54) is 82.4 Å². The van der Waals surface area contributed by atoms with Gasteiger partial charge in [0.2, 0.25) is 0 Å². The van der Waals surface area contributed by atoms with E-state index in [4.69, 9.17) is 14.6 Å². The minimum Gasteiger partial charge on any atom is -0.497 e. The molecule has 0 saturated carbocycles. The number of hydrogen-bond donors (Lipinski definition) is 0. The highest BCUT2D eigenvalue weighted by molar-refractivity contribution is 5.41. The van der Waals surface area contributed by atoms with Crippen molar-refractivity contribution in [1.82, 2.24) is 14.7 Å². The number of aryl methyl sites for hydroxylation is 2. The Labute approximate surface area is 188 Å². The summed E-state index contributed by atoms with van der Waals surface area (Å²) in [6.45, 7) is 6.91. The smallest absolute Gasteiger partial charge is 0.127 e. The van der Waals surface area contributed by atoms with Crippen LogP contribution in [-0.4, -0.2) is 48.5 Å². The molecule has 172 valence electrons. The van der Waals surface area contributed by atoms with Crippen LogP contribution in [0.3, 0.4) is 0 Å². The van der Waals surface area contributed by atoms with Crippen LogP contribution in [0.15, 0.2) is 24.3 Å². The second-order valence-electron chi connectivity index (χ2n) is 8.78. The highest BCUT2D eigenvalue weighted by Gasteiger charge is 2.13. The third-order valence-corrected chi connectivity index (χ3v) is 6.37. The first-order valence-corrected chi connectivity index (χ1v) is 12.2. The molecule has 31 heavy (non-hydrogen) atoms. The largest absolute Gasteiger partial charge is 0.497 e. The standard InChI is InChI=1S/C26H41N3O2/c1-4-5-13-24-19-23(12-8-6-7-9-16-28-17-10-11-18-28)27-29(24)21-22-14-15-25(30-2)20-26(22)31-3/h14-15,19-20H,4-13,16-18,21H2,1-3H3. The molecule has 3 rings (SSSR count). The van der Waals surface area contributed by atoms with Crippen LogP contribution < -0.4 is 9.47 Å². The van der Waals surface area contributed by atoms with Gasteiger partial charge in [0, 0.05) is 17.3 Å². The van der Waals surface area contributed by atoms with Crippen LogP contribution in [0.1, 0.15) is 75.2 Å². The quantitative estimate of drug-likeness (QED) is 0.374. The first kappa shape index (κ1) is 23.6. The maximum Gasteiger partial charge on any atom is 0.127 e. The molecule has 5 heteroatoms. The molecule has 0 spiro atoms. The lowest BCUT2D eigenvalue weighted by Crippen LogP contribution is -2.20. The summed E-state index contributed by atoms with van der Waals surface area (Å²) in [6.07, 6.45) is 12.6. The molecule has 1 saturated heterocycles. The third-order valence-electron chi connectivity index (χ3n) is 6.37. The van der Waals surface area contributed by atoms with Crippen LogP contribution in [0.5, 0.6) is 11.5 Å². The zero-order chi connectivity index (χ0) is 21.9. The summed E-state index contributed by atoms with van der Waals surface area (Å²) in [5, 5.41) is 4.98. The van der Waals surface area contributed by atoms with Crippen molar-refractivity contribution in [2.45, 2.75) is 77.7 Å². The van der Waals surface area contributed by atoms with Gasteiger partial charge in [-0.2, -0.15) is 5.10 Å². The Morgan fingerprint density at radius 1 is 0.903 bits per heavy atom. The molecule has 1 aliphatic heterocycles. The first-order valence-electron chi connectivity index (χ1n) is 12.2. The SMILES string of the molecule is CCCCc1cc(CCCCCCN2CCCC2)nn1Cc1ccc(OC)cc1OC. The van der Waals surface area contributed by atoms with Gasteiger partial charge in [-0.1, -0.05) is 26.2 Å². The number of aromatic nitrogens is 2. The number of methoxy groups -OCH3 is 2. The number of benzene rings is 1. The zero-order valence-electron chi connectivity index (χ0n) is 19.9. The van der Waals surface area contributed by atoms with Crippen LogP contribution >= 0.6 is 0 Å². The molecule has 0 atom stereocenters. The van der Waals surface area contributed by atoms with Crippen LogP contribution in [0.25, 0.3) is 0 Å². The molecule has 1 aromatic heterocycles. The number of ether oxygens (including phenoxy) is 2. The summed E-state index contributed by atoms with van der Waals surface area (Å²) in [5.41, 5.74) is 3.71. The fourth-order valence-corrected chi connectivity index (χ4v) is 4.48. The van der Waals surface area contributed by atoms with Gasteiger partial charge in [-0.15, -0.1) is 0 Å². The van der Waals surface area contributed by atoms with E-state index < -0.39 is 0 Å². The Balaban J connectivity index is 1.54. The number of rotatable bonds is 14. The molecule has 0 unspecified atom stereocenters. The summed E-state index contributed by atoms with van der Waals surface area (Å²) in [5.74, 6) is 1.67. The number of unbranched alkanes of at least 4 members (excludes halogenated alkanes) is 4. The van der Waals surface area contributed by atoms with Crippen LogP contribution in [0.4, 0.5) is 0 Å². The Bertz CT molecular complexity index is 781. The second kappa shape index (κ2) is 12.7. The monoisotopic (exact) mass is 427 g/mol. The normalized spacial score (nSPS) is 14.3. The summed E-state index contributed by atoms with van der Waals surface area (Å²) < 4.78 is 13.1. The maximum atomic E-state index is 5.60. The van der Waals surface area contributed by atoms with Gasteiger partial charge in [0.15, 0.2) is 0 Å². The Morgan fingerprint density at radius 2 is 1.71 bits per heavy atom. The van der Waals surface area contributed by atoms with Gasteiger partial charge in [-0.25, -0.2) is 0 Å². The molecule has 2 aromatic rings. The van der Waals surface area contributed by atoms with Gasteiger partial charge in [0.25, 0.3) is 0 Å². The lowest BCUT2D eigenvalue weighted by atomic mass is 10.1. The topological polar surface area (TPSA) is 39.5 Å². The summed E-state index contributed by atoms with van der Waals surface area (Å²) in [4.78, 5) is 2.62. The van der Waals surface area contributed by atoms with E-state index in [9.17, 15) is 0 Å². The fraction of sp³-hybridized carbons (Fsp3) is 0.654. The van der Waals surface area contributed by atoms with Crippen molar-refractivity contribution >= 4 is 0 Å². The van der Waals surface area contributed by atoms with Gasteiger partial charge in [0.1, 0.15) is 11.5 Å². The molecule has 5 nitrogen and oxygen atoms in total. The molecule has 2 heterocycles. The van der Waals surface area contributed by atoms with Crippen LogP contribution in [0, 0.1) is 0 Å². The molecule has 1 aromatic carbocycles. The molecule has 1 aliphatic rings. The average molecular weight is 428 g/mol. The zero-order valence-corrected chi connectivity index (χ0v) is 19.9. The van der Waals surface area contributed by atoms with Crippen molar-refractivity contribution in [3.8, 4) is 11.5 Å². The van der Waals surface area contributed by atoms with Crippen LogP contribution in [0.2, 0.25) is 0 Å². The third kappa shape index (κ3) is 7.27. The van der Waals surface area contributed by atoms with E-state index in [2.05, 4.69) is 28.6 Å². The summed E-state index contributed by atoms with van der Waals surface area (Å²) in [6, 6.07) is 8.36. The Morgan fingerprint density at radius 3 is 2.45 bits per heavy atom. The van der Waals surface area contributed by atoms with Gasteiger partial charge < -0.3 is 14.4 Å². The minimum atomic E-state index is 0.738. The van der Waals surface area contributed by atoms with E-state index in [1.807, 2.05) is 12.1 Å². The molecular weight excluding hydrogens is 386 g/mol. The van der Waals surface area contributed by atoms with Gasteiger partial charge in [-0.3, -0.25) is 4.68 Å².